The van der Waals surface area contributed by atoms with Crippen molar-refractivity contribution in [2.75, 3.05) is 18.0 Å². The van der Waals surface area contributed by atoms with Gasteiger partial charge in [-0.1, -0.05) is 48.0 Å². The van der Waals surface area contributed by atoms with Crippen LogP contribution in [0.2, 0.25) is 5.02 Å². The SMILES string of the molecule is Cn1c(=O)c2c(nc(N3CCC[C@@H](NC(=O)OC(C)(C)C)C3)n2Cc2ccccc2Cl)c2ccccc21. The van der Waals surface area contributed by atoms with Crippen molar-refractivity contribution in [2.24, 2.45) is 7.05 Å². The summed E-state index contributed by atoms with van der Waals surface area (Å²) in [5, 5.41) is 4.56. The van der Waals surface area contributed by atoms with Gasteiger partial charge in [-0.25, -0.2) is 9.78 Å². The minimum absolute atomic E-state index is 0.100. The summed E-state index contributed by atoms with van der Waals surface area (Å²) in [7, 11) is 1.79. The lowest BCUT2D eigenvalue weighted by molar-refractivity contribution is 0.0500. The fraction of sp³-hybridized carbons (Fsp3) is 0.393. The Kier molecular flexibility index (Phi) is 6.62. The van der Waals surface area contributed by atoms with Gasteiger partial charge in [-0.05, 0) is 51.3 Å². The van der Waals surface area contributed by atoms with Crippen molar-refractivity contribution < 1.29 is 9.53 Å². The molecule has 8 nitrogen and oxygen atoms in total. The summed E-state index contributed by atoms with van der Waals surface area (Å²) >= 11 is 6.54. The lowest BCUT2D eigenvalue weighted by Gasteiger charge is -2.34. The predicted octanol–water partition coefficient (Wildman–Crippen LogP) is 5.08. The lowest BCUT2D eigenvalue weighted by Crippen LogP contribution is -2.49. The van der Waals surface area contributed by atoms with Gasteiger partial charge in [-0.15, -0.1) is 0 Å². The van der Waals surface area contributed by atoms with Crippen LogP contribution in [0.1, 0.15) is 39.2 Å². The summed E-state index contributed by atoms with van der Waals surface area (Å²) in [5.74, 6) is 0.694. The number of benzene rings is 2. The highest BCUT2D eigenvalue weighted by molar-refractivity contribution is 6.31. The minimum Gasteiger partial charge on any atom is -0.444 e. The minimum atomic E-state index is -0.567. The molecule has 0 spiro atoms. The second-order valence-electron chi connectivity index (χ2n) is 10.6. The normalized spacial score (nSPS) is 16.4. The average molecular weight is 522 g/mol. The summed E-state index contributed by atoms with van der Waals surface area (Å²) in [6.07, 6.45) is 1.28. The van der Waals surface area contributed by atoms with E-state index in [-0.39, 0.29) is 11.6 Å². The van der Waals surface area contributed by atoms with Crippen LogP contribution in [0.15, 0.2) is 53.3 Å². The third kappa shape index (κ3) is 5.03. The molecule has 0 bridgehead atoms. The number of carbonyl (C=O) groups excluding carboxylic acids is 1. The number of pyridine rings is 1. The van der Waals surface area contributed by atoms with E-state index in [1.807, 2.05) is 73.9 Å². The Morgan fingerprint density at radius 2 is 1.89 bits per heavy atom. The van der Waals surface area contributed by atoms with E-state index >= 15 is 0 Å². The first-order valence-electron chi connectivity index (χ1n) is 12.6. The van der Waals surface area contributed by atoms with Gasteiger partial charge in [0.1, 0.15) is 16.6 Å². The first kappa shape index (κ1) is 25.1. The van der Waals surface area contributed by atoms with E-state index in [4.69, 9.17) is 21.3 Å². The number of amides is 1. The van der Waals surface area contributed by atoms with Gasteiger partial charge in [-0.3, -0.25) is 4.79 Å². The highest BCUT2D eigenvalue weighted by atomic mass is 35.5. The number of para-hydroxylation sites is 1. The van der Waals surface area contributed by atoms with Crippen molar-refractivity contribution in [3.63, 3.8) is 0 Å². The Labute approximate surface area is 220 Å². The van der Waals surface area contributed by atoms with Crippen LogP contribution in [0.3, 0.4) is 0 Å². The number of fused-ring (bicyclic) bond motifs is 3. The molecule has 0 radical (unpaired) electrons. The number of aromatic nitrogens is 3. The summed E-state index contributed by atoms with van der Waals surface area (Å²) in [6.45, 7) is 7.27. The summed E-state index contributed by atoms with van der Waals surface area (Å²) < 4.78 is 9.12. The van der Waals surface area contributed by atoms with E-state index in [1.165, 1.54) is 0 Å². The number of nitrogens with one attached hydrogen (secondary N) is 1. The Bertz CT molecular complexity index is 1530. The number of alkyl carbamates (subject to hydrolysis) is 1. The molecule has 5 rings (SSSR count). The molecule has 194 valence electrons. The quantitative estimate of drug-likeness (QED) is 0.405. The largest absolute Gasteiger partial charge is 0.444 e. The number of aryl methyl sites for hydroxylation is 1. The van der Waals surface area contributed by atoms with Crippen molar-refractivity contribution in [2.45, 2.75) is 51.8 Å². The van der Waals surface area contributed by atoms with E-state index in [1.54, 1.807) is 11.6 Å². The van der Waals surface area contributed by atoms with Crippen LogP contribution >= 0.6 is 11.6 Å². The number of hydrogen-bond acceptors (Lipinski definition) is 5. The maximum atomic E-state index is 13.7. The van der Waals surface area contributed by atoms with Crippen LogP contribution in [-0.2, 0) is 18.3 Å². The van der Waals surface area contributed by atoms with Crippen LogP contribution in [0.5, 0.6) is 0 Å². The molecule has 3 heterocycles. The van der Waals surface area contributed by atoms with Gasteiger partial charge in [0.05, 0.1) is 12.1 Å². The molecular formula is C28H32ClN5O3. The first-order valence-corrected chi connectivity index (χ1v) is 13.0. The van der Waals surface area contributed by atoms with E-state index in [2.05, 4.69) is 10.2 Å². The number of halogens is 1. The monoisotopic (exact) mass is 521 g/mol. The number of rotatable bonds is 4. The second-order valence-corrected chi connectivity index (χ2v) is 11.0. The highest BCUT2D eigenvalue weighted by Crippen LogP contribution is 2.30. The van der Waals surface area contributed by atoms with Crippen LogP contribution < -0.4 is 15.8 Å². The van der Waals surface area contributed by atoms with Gasteiger partial charge in [0, 0.05) is 36.6 Å². The molecule has 1 atom stereocenters. The molecule has 1 aliphatic heterocycles. The van der Waals surface area contributed by atoms with Crippen molar-refractivity contribution in [1.29, 1.82) is 0 Å². The van der Waals surface area contributed by atoms with Gasteiger partial charge in [0.15, 0.2) is 0 Å². The fourth-order valence-corrected chi connectivity index (χ4v) is 5.21. The number of nitrogens with zero attached hydrogens (tertiary/aromatic N) is 4. The number of piperidine rings is 1. The van der Waals surface area contributed by atoms with Crippen molar-refractivity contribution in [3.8, 4) is 0 Å². The molecular weight excluding hydrogens is 490 g/mol. The molecule has 0 saturated carbocycles. The molecule has 0 unspecified atom stereocenters. The number of hydrogen-bond donors (Lipinski definition) is 1. The van der Waals surface area contributed by atoms with Gasteiger partial charge in [-0.2, -0.15) is 0 Å². The Balaban J connectivity index is 1.60. The molecule has 9 heteroatoms. The maximum absolute atomic E-state index is 13.7. The molecule has 1 aliphatic rings. The van der Waals surface area contributed by atoms with Crippen LogP contribution in [-0.4, -0.2) is 44.9 Å². The summed E-state index contributed by atoms with van der Waals surface area (Å²) in [6, 6.07) is 15.4. The summed E-state index contributed by atoms with van der Waals surface area (Å²) in [4.78, 5) is 33.3. The molecule has 37 heavy (non-hydrogen) atoms. The topological polar surface area (TPSA) is 81.4 Å². The third-order valence-corrected chi connectivity index (χ3v) is 7.06. The third-order valence-electron chi connectivity index (χ3n) is 6.69. The Morgan fingerprint density at radius 1 is 1.16 bits per heavy atom. The smallest absolute Gasteiger partial charge is 0.407 e. The number of ether oxygens (including phenoxy) is 1. The molecule has 2 aromatic carbocycles. The van der Waals surface area contributed by atoms with Gasteiger partial charge in [0.25, 0.3) is 5.56 Å². The zero-order chi connectivity index (χ0) is 26.3. The summed E-state index contributed by atoms with van der Waals surface area (Å²) in [5.41, 5.74) is 2.27. The zero-order valence-electron chi connectivity index (χ0n) is 21.6. The van der Waals surface area contributed by atoms with Gasteiger partial charge >= 0.3 is 6.09 Å². The standard InChI is InChI=1S/C28H32ClN5O3/c1-28(2,3)37-27(36)30-19-11-9-15-33(17-19)26-31-23-20-12-6-8-14-22(20)32(4)25(35)24(23)34(26)16-18-10-5-7-13-21(18)29/h5-8,10,12-14,19H,9,11,15-17H2,1-4H3,(H,30,36)/t19-/m1/s1. The lowest BCUT2D eigenvalue weighted by atomic mass is 10.1. The molecule has 1 fully saturated rings. The highest BCUT2D eigenvalue weighted by Gasteiger charge is 2.29. The van der Waals surface area contributed by atoms with Gasteiger partial charge < -0.3 is 24.1 Å². The fourth-order valence-electron chi connectivity index (χ4n) is 5.02. The van der Waals surface area contributed by atoms with Crippen LogP contribution in [0.25, 0.3) is 21.9 Å². The van der Waals surface area contributed by atoms with Crippen molar-refractivity contribution in [3.05, 3.63) is 69.5 Å². The van der Waals surface area contributed by atoms with E-state index in [9.17, 15) is 9.59 Å². The van der Waals surface area contributed by atoms with Crippen LogP contribution in [0.4, 0.5) is 10.7 Å². The van der Waals surface area contributed by atoms with Crippen molar-refractivity contribution in [1.82, 2.24) is 19.4 Å². The van der Waals surface area contributed by atoms with Crippen LogP contribution in [0, 0.1) is 0 Å². The maximum Gasteiger partial charge on any atom is 0.407 e. The van der Waals surface area contributed by atoms with Crippen molar-refractivity contribution >= 4 is 45.6 Å². The molecule has 0 aliphatic carbocycles. The number of carbonyl (C=O) groups is 1. The molecule has 1 saturated heterocycles. The number of anilines is 1. The van der Waals surface area contributed by atoms with E-state index in [0.717, 1.165) is 35.9 Å². The molecule has 2 aromatic heterocycles. The Morgan fingerprint density at radius 3 is 2.65 bits per heavy atom. The molecule has 1 N–H and O–H groups in total. The van der Waals surface area contributed by atoms with Gasteiger partial charge in [0.2, 0.25) is 5.95 Å². The first-order chi connectivity index (χ1) is 17.6. The van der Waals surface area contributed by atoms with E-state index in [0.29, 0.717) is 35.1 Å². The predicted molar refractivity (Wildman–Crippen MR) is 148 cm³/mol. The second kappa shape index (κ2) is 9.74. The average Bonchev–Trinajstić information content (AvgIpc) is 3.22. The molecule has 4 aromatic rings. The Hall–Kier alpha value is -3.52. The molecule has 1 amide bonds. The number of imidazole rings is 1. The zero-order valence-corrected chi connectivity index (χ0v) is 22.4. The van der Waals surface area contributed by atoms with E-state index < -0.39 is 11.7 Å².